The maximum Gasteiger partial charge on any atom is 0.343 e. The maximum absolute atomic E-state index is 12.0. The summed E-state index contributed by atoms with van der Waals surface area (Å²) in [6, 6.07) is 7.17. The van der Waals surface area contributed by atoms with E-state index < -0.39 is 6.10 Å². The van der Waals surface area contributed by atoms with Crippen molar-refractivity contribution in [3.8, 4) is 22.9 Å². The standard InChI is InChI=1S/C24H32N2O4/c1-3-5-6-7-8-9-15-28-20-16-25-23(26-17-20)18-11-13-19(14-12-18)29-24(27)22-21(30-22)10-4-2/h11-14,16-17,21-22H,3-10,15H2,1-2H3. The van der Waals surface area contributed by atoms with Crippen molar-refractivity contribution in [1.29, 1.82) is 0 Å². The van der Waals surface area contributed by atoms with Crippen LogP contribution in [0.15, 0.2) is 36.7 Å². The van der Waals surface area contributed by atoms with E-state index in [0.29, 0.717) is 23.9 Å². The average Bonchev–Trinajstić information content (AvgIpc) is 3.54. The highest BCUT2D eigenvalue weighted by Crippen LogP contribution is 2.29. The lowest BCUT2D eigenvalue weighted by molar-refractivity contribution is -0.135. The van der Waals surface area contributed by atoms with Gasteiger partial charge in [0.15, 0.2) is 17.7 Å². The topological polar surface area (TPSA) is 73.8 Å². The van der Waals surface area contributed by atoms with Crippen LogP contribution in [0.2, 0.25) is 0 Å². The van der Waals surface area contributed by atoms with Crippen LogP contribution >= 0.6 is 0 Å². The molecule has 1 aliphatic heterocycles. The molecule has 6 nitrogen and oxygen atoms in total. The Labute approximate surface area is 179 Å². The molecule has 1 saturated heterocycles. The molecule has 0 spiro atoms. The molecule has 0 saturated carbocycles. The Hall–Kier alpha value is -2.47. The number of hydrogen-bond donors (Lipinski definition) is 0. The molecule has 1 aliphatic rings. The summed E-state index contributed by atoms with van der Waals surface area (Å²) in [6.45, 7) is 4.99. The van der Waals surface area contributed by atoms with Crippen LogP contribution in [0.25, 0.3) is 11.4 Å². The van der Waals surface area contributed by atoms with Crippen LogP contribution in [-0.2, 0) is 9.53 Å². The summed E-state index contributed by atoms with van der Waals surface area (Å²) in [5.74, 6) is 1.45. The van der Waals surface area contributed by atoms with Crippen molar-refractivity contribution in [3.05, 3.63) is 36.7 Å². The summed E-state index contributed by atoms with van der Waals surface area (Å²) in [5, 5.41) is 0. The summed E-state index contributed by atoms with van der Waals surface area (Å²) in [7, 11) is 0. The number of carbonyl (C=O) groups is 1. The molecule has 2 unspecified atom stereocenters. The summed E-state index contributed by atoms with van der Waals surface area (Å²) < 4.78 is 16.5. The predicted molar refractivity (Wildman–Crippen MR) is 116 cm³/mol. The highest BCUT2D eigenvalue weighted by atomic mass is 16.6. The van der Waals surface area contributed by atoms with Crippen molar-refractivity contribution in [2.24, 2.45) is 0 Å². The first-order chi connectivity index (χ1) is 14.7. The number of ether oxygens (including phenoxy) is 3. The second kappa shape index (κ2) is 11.6. The Kier molecular flexibility index (Phi) is 8.63. The van der Waals surface area contributed by atoms with Gasteiger partial charge < -0.3 is 14.2 Å². The van der Waals surface area contributed by atoms with Crippen molar-refractivity contribution in [2.75, 3.05) is 6.61 Å². The van der Waals surface area contributed by atoms with Gasteiger partial charge in [0.25, 0.3) is 0 Å². The molecule has 1 aromatic carbocycles. The Balaban J connectivity index is 1.42. The van der Waals surface area contributed by atoms with Gasteiger partial charge in [-0.25, -0.2) is 14.8 Å². The number of benzene rings is 1. The number of aromatic nitrogens is 2. The third-order valence-electron chi connectivity index (χ3n) is 5.11. The van der Waals surface area contributed by atoms with Crippen LogP contribution in [0.5, 0.6) is 11.5 Å². The molecule has 1 fully saturated rings. The minimum Gasteiger partial charge on any atom is -0.490 e. The van der Waals surface area contributed by atoms with E-state index in [1.54, 1.807) is 24.5 Å². The van der Waals surface area contributed by atoms with Crippen molar-refractivity contribution in [3.63, 3.8) is 0 Å². The summed E-state index contributed by atoms with van der Waals surface area (Å²) in [6.07, 6.45) is 12.3. The van der Waals surface area contributed by atoms with Crippen LogP contribution < -0.4 is 9.47 Å². The summed E-state index contributed by atoms with van der Waals surface area (Å²) in [4.78, 5) is 20.8. The van der Waals surface area contributed by atoms with Crippen LogP contribution in [0.4, 0.5) is 0 Å². The van der Waals surface area contributed by atoms with Crippen molar-refractivity contribution < 1.29 is 19.0 Å². The van der Waals surface area contributed by atoms with Crippen LogP contribution in [0, 0.1) is 0 Å². The lowest BCUT2D eigenvalue weighted by Gasteiger charge is -2.07. The van der Waals surface area contributed by atoms with E-state index in [0.717, 1.165) is 24.8 Å². The van der Waals surface area contributed by atoms with Gasteiger partial charge in [0.2, 0.25) is 0 Å². The Morgan fingerprint density at radius 3 is 2.33 bits per heavy atom. The van der Waals surface area contributed by atoms with Crippen LogP contribution in [0.1, 0.15) is 65.2 Å². The SMILES string of the molecule is CCCCCCCCOc1cnc(-c2ccc(OC(=O)C3OC3CCC)cc2)nc1. The first kappa shape index (κ1) is 22.2. The fraction of sp³-hybridized carbons (Fsp3) is 0.542. The molecular weight excluding hydrogens is 380 g/mol. The Morgan fingerprint density at radius 1 is 0.933 bits per heavy atom. The van der Waals surface area contributed by atoms with Crippen LogP contribution in [-0.4, -0.2) is 34.8 Å². The van der Waals surface area contributed by atoms with Gasteiger partial charge in [0.1, 0.15) is 5.75 Å². The van der Waals surface area contributed by atoms with Gasteiger partial charge in [-0.05, 0) is 37.1 Å². The summed E-state index contributed by atoms with van der Waals surface area (Å²) >= 11 is 0. The first-order valence-corrected chi connectivity index (χ1v) is 11.1. The quantitative estimate of drug-likeness (QED) is 0.191. The molecule has 2 heterocycles. The maximum atomic E-state index is 12.0. The first-order valence-electron chi connectivity index (χ1n) is 11.1. The number of esters is 1. The monoisotopic (exact) mass is 412 g/mol. The van der Waals surface area contributed by atoms with Crippen molar-refractivity contribution in [1.82, 2.24) is 9.97 Å². The molecule has 6 heteroatoms. The van der Waals surface area contributed by atoms with Crippen molar-refractivity contribution >= 4 is 5.97 Å². The van der Waals surface area contributed by atoms with E-state index in [2.05, 4.69) is 23.8 Å². The highest BCUT2D eigenvalue weighted by Gasteiger charge is 2.45. The third kappa shape index (κ3) is 6.80. The minimum atomic E-state index is -0.420. The van der Waals surface area contributed by atoms with Gasteiger partial charge in [-0.1, -0.05) is 52.4 Å². The highest BCUT2D eigenvalue weighted by molar-refractivity contribution is 5.80. The molecule has 162 valence electrons. The smallest absolute Gasteiger partial charge is 0.343 e. The normalized spacial score (nSPS) is 17.5. The molecular formula is C24H32N2O4. The fourth-order valence-corrected chi connectivity index (χ4v) is 3.31. The molecule has 0 N–H and O–H groups in total. The number of unbranched alkanes of at least 4 members (excludes halogenated alkanes) is 5. The predicted octanol–water partition coefficient (Wildman–Crippen LogP) is 5.36. The van der Waals surface area contributed by atoms with Crippen molar-refractivity contribution in [2.45, 2.75) is 77.4 Å². The number of carbonyl (C=O) groups excluding carboxylic acids is 1. The number of rotatable bonds is 13. The van der Waals surface area contributed by atoms with E-state index in [4.69, 9.17) is 14.2 Å². The summed E-state index contributed by atoms with van der Waals surface area (Å²) in [5.41, 5.74) is 0.851. The Morgan fingerprint density at radius 2 is 1.63 bits per heavy atom. The van der Waals surface area contributed by atoms with Gasteiger partial charge in [0.05, 0.1) is 25.1 Å². The van der Waals surface area contributed by atoms with Gasteiger partial charge in [0, 0.05) is 5.56 Å². The second-order valence-electron chi connectivity index (χ2n) is 7.69. The van der Waals surface area contributed by atoms with E-state index >= 15 is 0 Å². The third-order valence-corrected chi connectivity index (χ3v) is 5.11. The number of epoxide rings is 1. The molecule has 1 aromatic heterocycles. The molecule has 0 bridgehead atoms. The molecule has 0 radical (unpaired) electrons. The van der Waals surface area contributed by atoms with Gasteiger partial charge >= 0.3 is 5.97 Å². The lowest BCUT2D eigenvalue weighted by atomic mass is 10.1. The molecule has 0 aliphatic carbocycles. The number of hydrogen-bond acceptors (Lipinski definition) is 6. The zero-order valence-corrected chi connectivity index (χ0v) is 18.0. The molecule has 0 amide bonds. The zero-order chi connectivity index (χ0) is 21.2. The Bertz CT molecular complexity index is 777. The van der Waals surface area contributed by atoms with Crippen LogP contribution in [0.3, 0.4) is 0 Å². The molecule has 2 atom stereocenters. The molecule has 30 heavy (non-hydrogen) atoms. The lowest BCUT2D eigenvalue weighted by Crippen LogP contribution is -2.17. The van der Waals surface area contributed by atoms with E-state index in [-0.39, 0.29) is 12.1 Å². The van der Waals surface area contributed by atoms with Gasteiger partial charge in [-0.3, -0.25) is 0 Å². The average molecular weight is 413 g/mol. The van der Waals surface area contributed by atoms with Gasteiger partial charge in [-0.2, -0.15) is 0 Å². The van der Waals surface area contributed by atoms with E-state index in [1.165, 1.54) is 32.1 Å². The number of nitrogens with zero attached hydrogens (tertiary/aromatic N) is 2. The fourth-order valence-electron chi connectivity index (χ4n) is 3.31. The van der Waals surface area contributed by atoms with Gasteiger partial charge in [-0.15, -0.1) is 0 Å². The molecule has 3 rings (SSSR count). The zero-order valence-electron chi connectivity index (χ0n) is 18.0. The second-order valence-corrected chi connectivity index (χ2v) is 7.69. The molecule has 2 aromatic rings. The van der Waals surface area contributed by atoms with E-state index in [1.807, 2.05) is 12.1 Å². The largest absolute Gasteiger partial charge is 0.490 e. The van der Waals surface area contributed by atoms with E-state index in [9.17, 15) is 4.79 Å². The minimum absolute atomic E-state index is 0.0111.